The van der Waals surface area contributed by atoms with Crippen molar-refractivity contribution in [3.8, 4) is 5.75 Å². The van der Waals surface area contributed by atoms with Gasteiger partial charge in [-0.1, -0.05) is 23.2 Å². The number of benzene rings is 1. The zero-order valence-electron chi connectivity index (χ0n) is 11.4. The summed E-state index contributed by atoms with van der Waals surface area (Å²) < 4.78 is 0. The predicted molar refractivity (Wildman–Crippen MR) is 82.6 cm³/mol. The molecule has 1 aliphatic heterocycles. The summed E-state index contributed by atoms with van der Waals surface area (Å²) in [6.45, 7) is 2.98. The molecule has 2 aliphatic rings. The number of nitrogens with one attached hydrogen (secondary N) is 1. The van der Waals surface area contributed by atoms with Gasteiger partial charge in [0.1, 0.15) is 5.75 Å². The van der Waals surface area contributed by atoms with Crippen LogP contribution in [-0.4, -0.2) is 35.2 Å². The van der Waals surface area contributed by atoms with Gasteiger partial charge in [0.2, 0.25) is 0 Å². The summed E-state index contributed by atoms with van der Waals surface area (Å²) in [7, 11) is 0. The molecule has 3 rings (SSSR count). The minimum absolute atomic E-state index is 0.138. The van der Waals surface area contributed by atoms with Crippen LogP contribution in [0.15, 0.2) is 12.1 Å². The highest BCUT2D eigenvalue weighted by Crippen LogP contribution is 2.32. The van der Waals surface area contributed by atoms with E-state index in [1.165, 1.54) is 38.8 Å². The van der Waals surface area contributed by atoms with E-state index in [1.54, 1.807) is 12.1 Å². The summed E-state index contributed by atoms with van der Waals surface area (Å²) in [6, 6.07) is 4.72. The van der Waals surface area contributed by atoms with Gasteiger partial charge in [0, 0.05) is 29.2 Å². The van der Waals surface area contributed by atoms with Crippen LogP contribution in [0.2, 0.25) is 10.0 Å². The first kappa shape index (κ1) is 14.5. The summed E-state index contributed by atoms with van der Waals surface area (Å²) in [5.41, 5.74) is 0.770. The number of piperidine rings is 1. The first-order valence-corrected chi connectivity index (χ1v) is 8.03. The summed E-state index contributed by atoms with van der Waals surface area (Å²) in [6.07, 6.45) is 5.11. The van der Waals surface area contributed by atoms with Gasteiger partial charge in [-0.3, -0.25) is 0 Å². The molecule has 0 atom stereocenters. The van der Waals surface area contributed by atoms with Gasteiger partial charge < -0.3 is 15.3 Å². The van der Waals surface area contributed by atoms with E-state index >= 15 is 0 Å². The molecule has 1 saturated heterocycles. The predicted octanol–water partition coefficient (Wildman–Crippen LogP) is 3.42. The van der Waals surface area contributed by atoms with Crippen LogP contribution in [0.5, 0.6) is 5.75 Å². The summed E-state index contributed by atoms with van der Waals surface area (Å²) >= 11 is 11.9. The Kier molecular flexibility index (Phi) is 4.41. The van der Waals surface area contributed by atoms with Gasteiger partial charge in [-0.15, -0.1) is 0 Å². The van der Waals surface area contributed by atoms with Crippen molar-refractivity contribution in [2.45, 2.75) is 44.3 Å². The van der Waals surface area contributed by atoms with Gasteiger partial charge in [0.15, 0.2) is 0 Å². The lowest BCUT2D eigenvalue weighted by Crippen LogP contribution is -2.43. The van der Waals surface area contributed by atoms with Gasteiger partial charge >= 0.3 is 0 Å². The molecule has 5 heteroatoms. The normalized spacial score (nSPS) is 21.3. The first-order valence-electron chi connectivity index (χ1n) is 7.28. The van der Waals surface area contributed by atoms with Crippen LogP contribution in [0.1, 0.15) is 31.2 Å². The molecule has 0 radical (unpaired) electrons. The molecule has 3 nitrogen and oxygen atoms in total. The Morgan fingerprint density at radius 2 is 1.85 bits per heavy atom. The van der Waals surface area contributed by atoms with Crippen molar-refractivity contribution in [1.29, 1.82) is 0 Å². The summed E-state index contributed by atoms with van der Waals surface area (Å²) in [5, 5.41) is 14.3. The number of phenolic OH excluding ortho intramolecular Hbond substituents is 1. The van der Waals surface area contributed by atoms with Crippen LogP contribution in [0.3, 0.4) is 0 Å². The van der Waals surface area contributed by atoms with E-state index in [4.69, 9.17) is 23.2 Å². The maximum atomic E-state index is 9.94. The third kappa shape index (κ3) is 3.40. The van der Waals surface area contributed by atoms with E-state index in [-0.39, 0.29) is 5.75 Å². The van der Waals surface area contributed by atoms with Crippen LogP contribution in [0, 0.1) is 0 Å². The van der Waals surface area contributed by atoms with Gasteiger partial charge in [0.05, 0.1) is 5.02 Å². The fourth-order valence-corrected chi connectivity index (χ4v) is 3.45. The molecule has 1 heterocycles. The Hall–Kier alpha value is -0.480. The van der Waals surface area contributed by atoms with E-state index in [1.807, 2.05) is 0 Å². The van der Waals surface area contributed by atoms with Crippen molar-refractivity contribution in [2.24, 2.45) is 0 Å². The van der Waals surface area contributed by atoms with Crippen LogP contribution in [-0.2, 0) is 6.54 Å². The number of nitrogens with zero attached hydrogens (tertiary/aromatic N) is 1. The molecule has 20 heavy (non-hydrogen) atoms. The summed E-state index contributed by atoms with van der Waals surface area (Å²) in [4.78, 5) is 2.60. The first-order chi connectivity index (χ1) is 9.63. The fourth-order valence-electron chi connectivity index (χ4n) is 2.92. The van der Waals surface area contributed by atoms with Gasteiger partial charge in [-0.25, -0.2) is 0 Å². The standard InChI is InChI=1S/C15H20Cl2N2O/c16-11-7-10(15(20)14(17)8-11)9-18-12-3-5-19(6-4-12)13-1-2-13/h7-8,12-13,18,20H,1-6,9H2. The number of phenols is 1. The zero-order chi connectivity index (χ0) is 14.1. The average Bonchev–Trinajstić information content (AvgIpc) is 3.26. The van der Waals surface area contributed by atoms with Crippen LogP contribution in [0.4, 0.5) is 0 Å². The van der Waals surface area contributed by atoms with Crippen molar-refractivity contribution in [3.05, 3.63) is 27.7 Å². The molecule has 1 aromatic carbocycles. The van der Waals surface area contributed by atoms with E-state index in [2.05, 4.69) is 10.2 Å². The summed E-state index contributed by atoms with van der Waals surface area (Å²) in [5.74, 6) is 0.138. The second-order valence-corrected chi connectivity index (χ2v) is 6.66. The van der Waals surface area contributed by atoms with Crippen molar-refractivity contribution >= 4 is 23.2 Å². The Morgan fingerprint density at radius 1 is 1.15 bits per heavy atom. The largest absolute Gasteiger partial charge is 0.506 e. The molecule has 1 aromatic rings. The van der Waals surface area contributed by atoms with E-state index in [0.29, 0.717) is 22.6 Å². The van der Waals surface area contributed by atoms with Crippen molar-refractivity contribution in [1.82, 2.24) is 10.2 Å². The maximum absolute atomic E-state index is 9.94. The number of hydrogen-bond acceptors (Lipinski definition) is 3. The number of rotatable bonds is 4. The topological polar surface area (TPSA) is 35.5 Å². The monoisotopic (exact) mass is 314 g/mol. The lowest BCUT2D eigenvalue weighted by Gasteiger charge is -2.32. The highest BCUT2D eigenvalue weighted by molar-refractivity contribution is 6.35. The second-order valence-electron chi connectivity index (χ2n) is 5.82. The third-order valence-corrected chi connectivity index (χ3v) is 4.79. The lowest BCUT2D eigenvalue weighted by atomic mass is 10.0. The Labute approximate surface area is 129 Å². The van der Waals surface area contributed by atoms with Crippen LogP contribution in [0.25, 0.3) is 0 Å². The Morgan fingerprint density at radius 3 is 2.50 bits per heavy atom. The minimum Gasteiger partial charge on any atom is -0.506 e. The SMILES string of the molecule is Oc1c(Cl)cc(Cl)cc1CNC1CCN(C2CC2)CC1. The highest BCUT2D eigenvalue weighted by Gasteiger charge is 2.31. The minimum atomic E-state index is 0.138. The third-order valence-electron chi connectivity index (χ3n) is 4.28. The zero-order valence-corrected chi connectivity index (χ0v) is 12.9. The smallest absolute Gasteiger partial charge is 0.138 e. The number of halogens is 2. The molecule has 1 saturated carbocycles. The molecule has 1 aliphatic carbocycles. The van der Waals surface area contributed by atoms with E-state index in [9.17, 15) is 5.11 Å². The molecule has 0 bridgehead atoms. The molecule has 0 unspecified atom stereocenters. The Balaban J connectivity index is 1.52. The van der Waals surface area contributed by atoms with Gasteiger partial charge in [-0.2, -0.15) is 0 Å². The van der Waals surface area contributed by atoms with Crippen LogP contribution < -0.4 is 5.32 Å². The molecular formula is C15H20Cl2N2O. The molecule has 110 valence electrons. The van der Waals surface area contributed by atoms with Crippen molar-refractivity contribution < 1.29 is 5.11 Å². The average molecular weight is 315 g/mol. The number of likely N-dealkylation sites (tertiary alicyclic amines) is 1. The van der Waals surface area contributed by atoms with Crippen molar-refractivity contribution in [2.75, 3.05) is 13.1 Å². The molecular weight excluding hydrogens is 295 g/mol. The molecule has 2 fully saturated rings. The van der Waals surface area contributed by atoms with Gasteiger partial charge in [0.25, 0.3) is 0 Å². The molecule has 0 spiro atoms. The van der Waals surface area contributed by atoms with E-state index in [0.717, 1.165) is 11.6 Å². The van der Waals surface area contributed by atoms with E-state index < -0.39 is 0 Å². The van der Waals surface area contributed by atoms with Crippen molar-refractivity contribution in [3.63, 3.8) is 0 Å². The Bertz CT molecular complexity index is 483. The number of hydrogen-bond donors (Lipinski definition) is 2. The van der Waals surface area contributed by atoms with Crippen LogP contribution >= 0.6 is 23.2 Å². The molecule has 0 amide bonds. The maximum Gasteiger partial charge on any atom is 0.138 e. The second kappa shape index (κ2) is 6.10. The molecule has 0 aromatic heterocycles. The highest BCUT2D eigenvalue weighted by atomic mass is 35.5. The lowest BCUT2D eigenvalue weighted by molar-refractivity contribution is 0.189. The van der Waals surface area contributed by atoms with Gasteiger partial charge in [-0.05, 0) is 50.9 Å². The quantitative estimate of drug-likeness (QED) is 0.894. The number of aromatic hydroxyl groups is 1. The molecule has 2 N–H and O–H groups in total. The fraction of sp³-hybridized carbons (Fsp3) is 0.600.